The molecule has 0 radical (unpaired) electrons. The van der Waals surface area contributed by atoms with Gasteiger partial charge in [-0.3, -0.25) is 8.80 Å². The van der Waals surface area contributed by atoms with E-state index in [2.05, 4.69) is 49.7 Å². The Labute approximate surface area is 151 Å². The van der Waals surface area contributed by atoms with Crippen molar-refractivity contribution in [3.8, 4) is 0 Å². The third-order valence-electron chi connectivity index (χ3n) is 4.07. The van der Waals surface area contributed by atoms with Crippen molar-refractivity contribution in [2.75, 3.05) is 0 Å². The Hall–Kier alpha value is -2.45. The molecule has 0 fully saturated rings. The predicted molar refractivity (Wildman–Crippen MR) is 100 cm³/mol. The first-order chi connectivity index (χ1) is 12.2. The molecule has 0 aliphatic carbocycles. The average molecular weight is 366 g/mol. The summed E-state index contributed by atoms with van der Waals surface area (Å²) in [6, 6.07) is 10.4. The first kappa shape index (κ1) is 14.9. The number of thioether (sulfide) groups is 1. The summed E-state index contributed by atoms with van der Waals surface area (Å²) >= 11 is 3.30. The van der Waals surface area contributed by atoms with Crippen LogP contribution in [-0.2, 0) is 5.75 Å². The van der Waals surface area contributed by atoms with Gasteiger partial charge in [0.1, 0.15) is 0 Å². The van der Waals surface area contributed by atoms with Crippen LogP contribution in [0.3, 0.4) is 0 Å². The van der Waals surface area contributed by atoms with Gasteiger partial charge in [-0.2, -0.15) is 0 Å². The van der Waals surface area contributed by atoms with Crippen LogP contribution in [-0.4, -0.2) is 29.0 Å². The molecule has 0 aliphatic rings. The van der Waals surface area contributed by atoms with Gasteiger partial charge in [0.2, 0.25) is 10.7 Å². The van der Waals surface area contributed by atoms with E-state index >= 15 is 0 Å². The van der Waals surface area contributed by atoms with Gasteiger partial charge >= 0.3 is 0 Å². The van der Waals surface area contributed by atoms with Gasteiger partial charge in [-0.25, -0.2) is 9.97 Å². The second kappa shape index (κ2) is 5.53. The third kappa shape index (κ3) is 2.40. The van der Waals surface area contributed by atoms with E-state index in [1.165, 1.54) is 4.70 Å². The monoisotopic (exact) mass is 366 g/mol. The quantitative estimate of drug-likeness (QED) is 0.453. The van der Waals surface area contributed by atoms with E-state index in [-0.39, 0.29) is 0 Å². The Morgan fingerprint density at radius 1 is 1.12 bits per heavy atom. The van der Waals surface area contributed by atoms with Crippen molar-refractivity contribution in [3.05, 3.63) is 53.6 Å². The fourth-order valence-corrected chi connectivity index (χ4v) is 4.83. The maximum absolute atomic E-state index is 4.64. The lowest BCUT2D eigenvalue weighted by molar-refractivity contribution is 0.939. The van der Waals surface area contributed by atoms with Gasteiger partial charge in [-0.05, 0) is 32.0 Å². The number of para-hydroxylation sites is 1. The van der Waals surface area contributed by atoms with E-state index in [9.17, 15) is 0 Å². The number of nitrogens with zero attached hydrogens (tertiary/aromatic N) is 6. The lowest BCUT2D eigenvalue weighted by atomic mass is 10.3. The van der Waals surface area contributed by atoms with Crippen LogP contribution < -0.4 is 0 Å². The van der Waals surface area contributed by atoms with E-state index < -0.39 is 0 Å². The number of aryl methyl sites for hydroxylation is 2. The van der Waals surface area contributed by atoms with Crippen LogP contribution in [0, 0.1) is 13.8 Å². The number of benzene rings is 1. The molecule has 0 N–H and O–H groups in total. The highest BCUT2D eigenvalue weighted by atomic mass is 32.2. The molecule has 0 bridgehead atoms. The summed E-state index contributed by atoms with van der Waals surface area (Å²) in [5, 5.41) is 9.55. The minimum atomic E-state index is 0.729. The Morgan fingerprint density at radius 2 is 2.00 bits per heavy atom. The van der Waals surface area contributed by atoms with Gasteiger partial charge in [0.15, 0.2) is 5.16 Å². The zero-order chi connectivity index (χ0) is 17.0. The summed E-state index contributed by atoms with van der Waals surface area (Å²) in [4.78, 5) is 10.1. The number of imidazole rings is 1. The largest absolute Gasteiger partial charge is 0.288 e. The third-order valence-corrected chi connectivity index (χ3v) is 6.05. The smallest absolute Gasteiger partial charge is 0.234 e. The van der Waals surface area contributed by atoms with Crippen LogP contribution in [0.4, 0.5) is 0 Å². The predicted octanol–water partition coefficient (Wildman–Crippen LogP) is 3.90. The molecule has 25 heavy (non-hydrogen) atoms. The molecule has 0 saturated carbocycles. The molecule has 4 heterocycles. The van der Waals surface area contributed by atoms with Crippen LogP contribution in [0.2, 0.25) is 0 Å². The number of hydrogen-bond acceptors (Lipinski definition) is 6. The molecule has 0 aliphatic heterocycles. The highest BCUT2D eigenvalue weighted by Gasteiger charge is 2.13. The average Bonchev–Trinajstić information content (AvgIpc) is 3.25. The molecule has 124 valence electrons. The van der Waals surface area contributed by atoms with Crippen molar-refractivity contribution in [2.24, 2.45) is 0 Å². The van der Waals surface area contributed by atoms with Gasteiger partial charge in [0.05, 0.1) is 15.9 Å². The van der Waals surface area contributed by atoms with E-state index in [0.717, 1.165) is 44.2 Å². The second-order valence-corrected chi connectivity index (χ2v) is 7.85. The summed E-state index contributed by atoms with van der Waals surface area (Å²) in [5.41, 5.74) is 4.26. The fourth-order valence-electron chi connectivity index (χ4n) is 2.98. The summed E-state index contributed by atoms with van der Waals surface area (Å²) in [6.07, 6.45) is 2.05. The van der Waals surface area contributed by atoms with Gasteiger partial charge in [-0.15, -0.1) is 10.2 Å². The molecule has 4 aromatic heterocycles. The molecular weight excluding hydrogens is 352 g/mol. The number of hydrogen-bond donors (Lipinski definition) is 0. The molecule has 0 saturated heterocycles. The normalized spacial score (nSPS) is 11.9. The first-order valence-corrected chi connectivity index (χ1v) is 9.67. The molecule has 1 aromatic carbocycles. The van der Waals surface area contributed by atoms with Crippen molar-refractivity contribution < 1.29 is 0 Å². The van der Waals surface area contributed by atoms with E-state index in [0.29, 0.717) is 0 Å². The molecule has 8 heteroatoms. The topological polar surface area (TPSA) is 60.4 Å². The zero-order valence-corrected chi connectivity index (χ0v) is 15.3. The van der Waals surface area contributed by atoms with Crippen molar-refractivity contribution in [1.29, 1.82) is 0 Å². The van der Waals surface area contributed by atoms with Gasteiger partial charge in [-0.1, -0.05) is 35.2 Å². The van der Waals surface area contributed by atoms with Crippen LogP contribution in [0.1, 0.15) is 17.1 Å². The Balaban J connectivity index is 1.50. The minimum absolute atomic E-state index is 0.729. The number of thiazole rings is 1. The van der Waals surface area contributed by atoms with Crippen molar-refractivity contribution >= 4 is 44.1 Å². The van der Waals surface area contributed by atoms with Crippen LogP contribution in [0.15, 0.2) is 41.7 Å². The molecule has 0 unspecified atom stereocenters. The number of aromatic nitrogens is 6. The molecule has 5 aromatic rings. The van der Waals surface area contributed by atoms with Gasteiger partial charge < -0.3 is 0 Å². The highest BCUT2D eigenvalue weighted by Crippen LogP contribution is 2.30. The summed E-state index contributed by atoms with van der Waals surface area (Å²) in [6.45, 7) is 4.06. The summed E-state index contributed by atoms with van der Waals surface area (Å²) in [5.74, 6) is 1.48. The summed E-state index contributed by atoms with van der Waals surface area (Å²) < 4.78 is 5.37. The lowest BCUT2D eigenvalue weighted by Crippen LogP contribution is -1.94. The second-order valence-electron chi connectivity index (χ2n) is 5.90. The Bertz CT molecular complexity index is 1230. The SMILES string of the molecule is Cc1cc(C)n2cc(CSc3nnc4sc5ccccc5n34)nc2n1. The van der Waals surface area contributed by atoms with Gasteiger partial charge in [0.25, 0.3) is 0 Å². The minimum Gasteiger partial charge on any atom is -0.288 e. The fraction of sp³-hybridized carbons (Fsp3) is 0.176. The molecule has 6 nitrogen and oxygen atoms in total. The zero-order valence-electron chi connectivity index (χ0n) is 13.7. The van der Waals surface area contributed by atoms with E-state index in [1.807, 2.05) is 29.7 Å². The maximum Gasteiger partial charge on any atom is 0.234 e. The van der Waals surface area contributed by atoms with Crippen LogP contribution >= 0.6 is 23.1 Å². The molecule has 0 atom stereocenters. The van der Waals surface area contributed by atoms with Gasteiger partial charge in [0, 0.05) is 23.3 Å². The number of fused-ring (bicyclic) bond motifs is 4. The van der Waals surface area contributed by atoms with Crippen LogP contribution in [0.25, 0.3) is 21.0 Å². The lowest BCUT2D eigenvalue weighted by Gasteiger charge is -1.99. The Kier molecular flexibility index (Phi) is 3.29. The van der Waals surface area contributed by atoms with E-state index in [4.69, 9.17) is 0 Å². The van der Waals surface area contributed by atoms with E-state index in [1.54, 1.807) is 23.1 Å². The molecule has 0 spiro atoms. The number of rotatable bonds is 3. The standard InChI is InChI=1S/C17H14N6S2/c1-10-7-11(2)22-8-12(19-15(22)18-10)9-24-16-20-21-17-23(16)13-5-3-4-6-14(13)25-17/h3-8H,9H2,1-2H3. The van der Waals surface area contributed by atoms with Crippen molar-refractivity contribution in [2.45, 2.75) is 24.8 Å². The first-order valence-electron chi connectivity index (χ1n) is 7.87. The maximum atomic E-state index is 4.64. The molecular formula is C17H14N6S2. The van der Waals surface area contributed by atoms with Crippen LogP contribution in [0.5, 0.6) is 0 Å². The molecule has 5 rings (SSSR count). The molecule has 0 amide bonds. The highest BCUT2D eigenvalue weighted by molar-refractivity contribution is 7.98. The summed E-state index contributed by atoms with van der Waals surface area (Å²) in [7, 11) is 0. The Morgan fingerprint density at radius 3 is 2.92 bits per heavy atom. The van der Waals surface area contributed by atoms with Crippen molar-refractivity contribution in [3.63, 3.8) is 0 Å². The van der Waals surface area contributed by atoms with Crippen molar-refractivity contribution in [1.82, 2.24) is 29.0 Å².